The van der Waals surface area contributed by atoms with Crippen LogP contribution in [-0.4, -0.2) is 22.0 Å². The molecular formula is C13H12N2O3. The van der Waals surface area contributed by atoms with Crippen molar-refractivity contribution in [2.24, 2.45) is 0 Å². The number of nitrogens with one attached hydrogen (secondary N) is 2. The summed E-state index contributed by atoms with van der Waals surface area (Å²) in [5.41, 5.74) is 0.863. The van der Waals surface area contributed by atoms with Gasteiger partial charge in [-0.05, 0) is 17.7 Å². The van der Waals surface area contributed by atoms with E-state index >= 15 is 0 Å². The molecule has 2 aromatic rings. The Morgan fingerprint density at radius 2 is 1.83 bits per heavy atom. The van der Waals surface area contributed by atoms with Crippen molar-refractivity contribution in [3.8, 4) is 0 Å². The number of carboxylic acid groups (broad SMARTS) is 1. The van der Waals surface area contributed by atoms with Gasteiger partial charge in [-0.25, -0.2) is 4.79 Å². The Morgan fingerprint density at radius 1 is 1.11 bits per heavy atom. The zero-order valence-electron chi connectivity index (χ0n) is 9.46. The molecule has 0 aliphatic rings. The molecule has 92 valence electrons. The van der Waals surface area contributed by atoms with E-state index < -0.39 is 17.9 Å². The van der Waals surface area contributed by atoms with Crippen molar-refractivity contribution in [3.05, 3.63) is 59.9 Å². The van der Waals surface area contributed by atoms with Gasteiger partial charge in [0.1, 0.15) is 5.69 Å². The van der Waals surface area contributed by atoms with Crippen LogP contribution in [-0.2, 0) is 4.79 Å². The fraction of sp³-hybridized carbons (Fsp3) is 0.0769. The number of H-pyrrole nitrogens is 1. The van der Waals surface area contributed by atoms with E-state index in [1.807, 2.05) is 0 Å². The summed E-state index contributed by atoms with van der Waals surface area (Å²) >= 11 is 0. The number of rotatable bonds is 4. The first kappa shape index (κ1) is 11.9. The summed E-state index contributed by atoms with van der Waals surface area (Å²) in [4.78, 5) is 25.7. The van der Waals surface area contributed by atoms with Gasteiger partial charge in [-0.1, -0.05) is 30.3 Å². The molecule has 0 aliphatic heterocycles. The van der Waals surface area contributed by atoms with E-state index in [2.05, 4.69) is 10.3 Å². The molecule has 0 fully saturated rings. The van der Waals surface area contributed by atoms with Crippen LogP contribution in [0.3, 0.4) is 0 Å². The molecule has 3 N–H and O–H groups in total. The van der Waals surface area contributed by atoms with Crippen LogP contribution in [0.25, 0.3) is 0 Å². The quantitative estimate of drug-likeness (QED) is 0.763. The molecule has 0 saturated carbocycles. The van der Waals surface area contributed by atoms with Crippen LogP contribution in [0.2, 0.25) is 0 Å². The lowest BCUT2D eigenvalue weighted by molar-refractivity contribution is -0.139. The molecule has 0 radical (unpaired) electrons. The first-order chi connectivity index (χ1) is 8.68. The molecule has 1 amide bonds. The molecule has 0 aliphatic carbocycles. The molecule has 1 aromatic carbocycles. The second-order valence-corrected chi connectivity index (χ2v) is 3.74. The highest BCUT2D eigenvalue weighted by Gasteiger charge is 2.22. The number of amides is 1. The molecule has 2 rings (SSSR count). The van der Waals surface area contributed by atoms with Crippen molar-refractivity contribution in [3.63, 3.8) is 0 Å². The molecule has 5 heteroatoms. The summed E-state index contributed by atoms with van der Waals surface area (Å²) < 4.78 is 0. The molecule has 0 saturated heterocycles. The molecule has 0 bridgehead atoms. The molecule has 0 spiro atoms. The van der Waals surface area contributed by atoms with Gasteiger partial charge in [0, 0.05) is 6.20 Å². The van der Waals surface area contributed by atoms with E-state index in [1.165, 1.54) is 0 Å². The Balaban J connectivity index is 2.18. The van der Waals surface area contributed by atoms with E-state index in [4.69, 9.17) is 5.11 Å². The molecule has 1 heterocycles. The number of aromatic nitrogens is 1. The van der Waals surface area contributed by atoms with Crippen LogP contribution in [0.15, 0.2) is 48.7 Å². The third kappa shape index (κ3) is 2.57. The predicted molar refractivity (Wildman–Crippen MR) is 65.1 cm³/mol. The summed E-state index contributed by atoms with van der Waals surface area (Å²) in [5, 5.41) is 11.6. The number of carbonyl (C=O) groups excluding carboxylic acids is 1. The van der Waals surface area contributed by atoms with Crippen molar-refractivity contribution >= 4 is 11.9 Å². The minimum absolute atomic E-state index is 0.331. The van der Waals surface area contributed by atoms with E-state index in [0.29, 0.717) is 11.3 Å². The Labute approximate surface area is 103 Å². The lowest BCUT2D eigenvalue weighted by atomic mass is 10.1. The number of hydrogen-bond acceptors (Lipinski definition) is 2. The Hall–Kier alpha value is -2.56. The summed E-state index contributed by atoms with van der Waals surface area (Å²) in [6.45, 7) is 0. The first-order valence-corrected chi connectivity index (χ1v) is 5.40. The molecule has 1 atom stereocenters. The third-order valence-corrected chi connectivity index (χ3v) is 2.50. The molecular weight excluding hydrogens is 232 g/mol. The minimum atomic E-state index is -1.10. The maximum atomic E-state index is 11.8. The summed E-state index contributed by atoms with van der Waals surface area (Å²) in [5.74, 6) is -1.54. The Kier molecular flexibility index (Phi) is 3.43. The van der Waals surface area contributed by atoms with E-state index in [0.717, 1.165) is 0 Å². The Bertz CT molecular complexity index is 535. The van der Waals surface area contributed by atoms with E-state index in [1.54, 1.807) is 48.7 Å². The number of carboxylic acids is 1. The lowest BCUT2D eigenvalue weighted by Crippen LogP contribution is -2.33. The topological polar surface area (TPSA) is 82.2 Å². The van der Waals surface area contributed by atoms with Gasteiger partial charge in [0.25, 0.3) is 5.91 Å². The second kappa shape index (κ2) is 5.18. The van der Waals surface area contributed by atoms with E-state index in [-0.39, 0.29) is 0 Å². The number of carbonyl (C=O) groups is 2. The fourth-order valence-corrected chi connectivity index (χ4v) is 1.61. The van der Waals surface area contributed by atoms with Crippen molar-refractivity contribution in [2.45, 2.75) is 6.04 Å². The summed E-state index contributed by atoms with van der Waals surface area (Å²) in [6, 6.07) is 10.8. The normalized spacial score (nSPS) is 11.8. The second-order valence-electron chi connectivity index (χ2n) is 3.74. The first-order valence-electron chi connectivity index (χ1n) is 5.40. The van der Waals surface area contributed by atoms with Crippen LogP contribution in [0.1, 0.15) is 22.1 Å². The van der Waals surface area contributed by atoms with Crippen LogP contribution in [0, 0.1) is 0 Å². The van der Waals surface area contributed by atoms with Gasteiger partial charge < -0.3 is 15.4 Å². The van der Waals surface area contributed by atoms with Crippen LogP contribution >= 0.6 is 0 Å². The third-order valence-electron chi connectivity index (χ3n) is 2.50. The largest absolute Gasteiger partial charge is 0.479 e. The van der Waals surface area contributed by atoms with Crippen LogP contribution in [0.5, 0.6) is 0 Å². The zero-order chi connectivity index (χ0) is 13.0. The Morgan fingerprint density at radius 3 is 2.39 bits per heavy atom. The minimum Gasteiger partial charge on any atom is -0.479 e. The standard InChI is InChI=1S/C13H12N2O3/c16-12(10-7-4-8-14-10)15-11(13(17)18)9-5-2-1-3-6-9/h1-8,11,14H,(H,15,16)(H,17,18)/t11-/m1/s1. The summed E-state index contributed by atoms with van der Waals surface area (Å²) in [6.07, 6.45) is 1.60. The van der Waals surface area contributed by atoms with Crippen molar-refractivity contribution in [1.29, 1.82) is 0 Å². The molecule has 1 aromatic heterocycles. The van der Waals surface area contributed by atoms with E-state index in [9.17, 15) is 9.59 Å². The number of hydrogen-bond donors (Lipinski definition) is 3. The molecule has 0 unspecified atom stereocenters. The lowest BCUT2D eigenvalue weighted by Gasteiger charge is -2.14. The highest BCUT2D eigenvalue weighted by molar-refractivity contribution is 5.95. The average Bonchev–Trinajstić information content (AvgIpc) is 2.90. The van der Waals surface area contributed by atoms with Crippen molar-refractivity contribution in [1.82, 2.24) is 10.3 Å². The highest BCUT2D eigenvalue weighted by atomic mass is 16.4. The SMILES string of the molecule is O=C(N[C@@H](C(=O)O)c1ccccc1)c1ccc[nH]1. The van der Waals surface area contributed by atoms with Crippen molar-refractivity contribution < 1.29 is 14.7 Å². The van der Waals surface area contributed by atoms with Gasteiger partial charge in [0.2, 0.25) is 0 Å². The maximum absolute atomic E-state index is 11.8. The van der Waals surface area contributed by atoms with Gasteiger partial charge in [0.05, 0.1) is 0 Å². The molecule has 5 nitrogen and oxygen atoms in total. The van der Waals surface area contributed by atoms with Gasteiger partial charge in [-0.2, -0.15) is 0 Å². The molecule has 18 heavy (non-hydrogen) atoms. The van der Waals surface area contributed by atoms with Gasteiger partial charge in [-0.15, -0.1) is 0 Å². The van der Waals surface area contributed by atoms with Crippen LogP contribution in [0.4, 0.5) is 0 Å². The highest BCUT2D eigenvalue weighted by Crippen LogP contribution is 2.13. The maximum Gasteiger partial charge on any atom is 0.330 e. The zero-order valence-corrected chi connectivity index (χ0v) is 9.46. The van der Waals surface area contributed by atoms with Gasteiger partial charge >= 0.3 is 5.97 Å². The smallest absolute Gasteiger partial charge is 0.330 e. The number of benzene rings is 1. The number of aliphatic carboxylic acids is 1. The van der Waals surface area contributed by atoms with Crippen LogP contribution < -0.4 is 5.32 Å². The summed E-state index contributed by atoms with van der Waals surface area (Å²) in [7, 11) is 0. The van der Waals surface area contributed by atoms with Gasteiger partial charge in [-0.3, -0.25) is 4.79 Å². The van der Waals surface area contributed by atoms with Gasteiger partial charge in [0.15, 0.2) is 6.04 Å². The fourth-order valence-electron chi connectivity index (χ4n) is 1.61. The van der Waals surface area contributed by atoms with Crippen molar-refractivity contribution in [2.75, 3.05) is 0 Å². The number of aromatic amines is 1. The monoisotopic (exact) mass is 244 g/mol. The predicted octanol–water partition coefficient (Wildman–Crippen LogP) is 1.57. The average molecular weight is 244 g/mol.